The molecule has 3 amide bonds. The molecule has 1 aliphatic carbocycles. The Kier molecular flexibility index (Phi) is 6.69. The first-order valence-electron chi connectivity index (χ1n) is 12.9. The third-order valence-corrected chi connectivity index (χ3v) is 7.84. The third-order valence-electron chi connectivity index (χ3n) is 7.59. The summed E-state index contributed by atoms with van der Waals surface area (Å²) in [6, 6.07) is 16.4. The SMILES string of the molecule is CC(C)(C)OC(=O)N1CCC2(CC2)[C@H]1C(C(=O)N1C[C@H](Cc2ccccc2)OC1=O)c1ccc(Cl)cc1. The van der Waals surface area contributed by atoms with Crippen LogP contribution < -0.4 is 0 Å². The molecule has 2 aromatic rings. The minimum atomic E-state index is -0.738. The molecule has 1 spiro atoms. The number of cyclic esters (lactones) is 1. The second kappa shape index (κ2) is 9.67. The number of hydrogen-bond donors (Lipinski definition) is 0. The van der Waals surface area contributed by atoms with E-state index in [-0.39, 0.29) is 17.9 Å². The van der Waals surface area contributed by atoms with Crippen LogP contribution in [0.25, 0.3) is 0 Å². The number of benzene rings is 2. The molecule has 0 aromatic heterocycles. The summed E-state index contributed by atoms with van der Waals surface area (Å²) in [6.07, 6.45) is 1.68. The van der Waals surface area contributed by atoms with Gasteiger partial charge in [0.25, 0.3) is 0 Å². The fraction of sp³-hybridized carbons (Fsp3) is 0.483. The van der Waals surface area contributed by atoms with Crippen molar-refractivity contribution in [2.24, 2.45) is 5.41 Å². The van der Waals surface area contributed by atoms with E-state index in [9.17, 15) is 14.4 Å². The highest BCUT2D eigenvalue weighted by atomic mass is 35.5. The van der Waals surface area contributed by atoms with E-state index in [0.717, 1.165) is 30.4 Å². The maximum Gasteiger partial charge on any atom is 0.417 e. The van der Waals surface area contributed by atoms with E-state index in [1.54, 1.807) is 17.0 Å². The zero-order valence-corrected chi connectivity index (χ0v) is 22.2. The van der Waals surface area contributed by atoms with Crippen LogP contribution in [0.15, 0.2) is 54.6 Å². The highest BCUT2D eigenvalue weighted by Crippen LogP contribution is 2.60. The van der Waals surface area contributed by atoms with Gasteiger partial charge >= 0.3 is 12.2 Å². The van der Waals surface area contributed by atoms with Gasteiger partial charge in [0.2, 0.25) is 5.91 Å². The topological polar surface area (TPSA) is 76.2 Å². The molecule has 7 nitrogen and oxygen atoms in total. The van der Waals surface area contributed by atoms with Crippen molar-refractivity contribution < 1.29 is 23.9 Å². The summed E-state index contributed by atoms with van der Waals surface area (Å²) in [5.41, 5.74) is 0.932. The van der Waals surface area contributed by atoms with Crippen molar-refractivity contribution in [3.8, 4) is 0 Å². The molecule has 2 aromatic carbocycles. The molecule has 1 unspecified atom stereocenters. The van der Waals surface area contributed by atoms with Gasteiger partial charge in [0.15, 0.2) is 0 Å². The molecule has 0 N–H and O–H groups in total. The molecular weight excluding hydrogens is 492 g/mol. The quantitative estimate of drug-likeness (QED) is 0.494. The predicted molar refractivity (Wildman–Crippen MR) is 139 cm³/mol. The maximum atomic E-state index is 14.2. The molecule has 1 saturated carbocycles. The van der Waals surface area contributed by atoms with Crippen LogP contribution in [-0.2, 0) is 20.7 Å². The van der Waals surface area contributed by atoms with Crippen LogP contribution in [0.2, 0.25) is 5.02 Å². The fourth-order valence-electron chi connectivity index (χ4n) is 5.71. The molecule has 2 saturated heterocycles. The largest absolute Gasteiger partial charge is 0.444 e. The van der Waals surface area contributed by atoms with Crippen LogP contribution in [0.1, 0.15) is 57.1 Å². The predicted octanol–water partition coefficient (Wildman–Crippen LogP) is 5.80. The average Bonchev–Trinajstić information content (AvgIpc) is 3.39. The number of halogens is 1. The van der Waals surface area contributed by atoms with Crippen LogP contribution >= 0.6 is 11.6 Å². The number of amides is 3. The summed E-state index contributed by atoms with van der Waals surface area (Å²) in [4.78, 5) is 43.4. The van der Waals surface area contributed by atoms with Gasteiger partial charge in [-0.25, -0.2) is 14.5 Å². The van der Waals surface area contributed by atoms with Gasteiger partial charge in [0.1, 0.15) is 11.7 Å². The van der Waals surface area contributed by atoms with Crippen LogP contribution in [0.5, 0.6) is 0 Å². The Hall–Kier alpha value is -3.06. The first-order chi connectivity index (χ1) is 17.6. The molecule has 8 heteroatoms. The lowest BCUT2D eigenvalue weighted by Crippen LogP contribution is -2.50. The number of likely N-dealkylation sites (tertiary alicyclic amines) is 1. The molecule has 3 fully saturated rings. The van der Waals surface area contributed by atoms with Crippen LogP contribution in [-0.4, -0.2) is 58.7 Å². The second-order valence-corrected chi connectivity index (χ2v) is 11.8. The summed E-state index contributed by atoms with van der Waals surface area (Å²) in [6.45, 7) is 6.17. The average molecular weight is 525 g/mol. The monoisotopic (exact) mass is 524 g/mol. The molecule has 3 aliphatic rings. The number of carbonyl (C=O) groups is 3. The van der Waals surface area contributed by atoms with Gasteiger partial charge in [-0.05, 0) is 68.7 Å². The molecule has 196 valence electrons. The molecule has 0 radical (unpaired) electrons. The Morgan fingerprint density at radius 1 is 1.08 bits per heavy atom. The molecule has 3 atom stereocenters. The van der Waals surface area contributed by atoms with Gasteiger partial charge in [0.05, 0.1) is 18.5 Å². The van der Waals surface area contributed by atoms with Crippen molar-refractivity contribution >= 4 is 29.7 Å². The van der Waals surface area contributed by atoms with Gasteiger partial charge in [-0.15, -0.1) is 0 Å². The summed E-state index contributed by atoms with van der Waals surface area (Å²) >= 11 is 6.17. The van der Waals surface area contributed by atoms with Crippen LogP contribution in [0, 0.1) is 5.41 Å². The van der Waals surface area contributed by atoms with E-state index in [1.807, 2.05) is 63.2 Å². The van der Waals surface area contributed by atoms with Crippen molar-refractivity contribution in [2.45, 2.75) is 70.1 Å². The minimum absolute atomic E-state index is 0.163. The smallest absolute Gasteiger partial charge is 0.417 e. The van der Waals surface area contributed by atoms with Gasteiger partial charge in [-0.2, -0.15) is 0 Å². The number of carbonyl (C=O) groups excluding carboxylic acids is 3. The number of imide groups is 1. The Balaban J connectivity index is 1.46. The van der Waals surface area contributed by atoms with E-state index in [0.29, 0.717) is 18.0 Å². The van der Waals surface area contributed by atoms with Crippen molar-refractivity contribution in [1.29, 1.82) is 0 Å². The lowest BCUT2D eigenvalue weighted by molar-refractivity contribution is -0.131. The van der Waals surface area contributed by atoms with E-state index in [2.05, 4.69) is 0 Å². The van der Waals surface area contributed by atoms with Crippen LogP contribution in [0.3, 0.4) is 0 Å². The summed E-state index contributed by atoms with van der Waals surface area (Å²) in [7, 11) is 0. The van der Waals surface area contributed by atoms with Crippen molar-refractivity contribution in [1.82, 2.24) is 9.80 Å². The molecule has 2 aliphatic heterocycles. The molecule has 0 bridgehead atoms. The second-order valence-electron chi connectivity index (χ2n) is 11.4. The van der Waals surface area contributed by atoms with E-state index >= 15 is 0 Å². The molecule has 37 heavy (non-hydrogen) atoms. The van der Waals surface area contributed by atoms with Crippen molar-refractivity contribution in [3.63, 3.8) is 0 Å². The lowest BCUT2D eigenvalue weighted by atomic mass is 9.81. The summed E-state index contributed by atoms with van der Waals surface area (Å²) in [5, 5.41) is 0.551. The fourth-order valence-corrected chi connectivity index (χ4v) is 5.83. The van der Waals surface area contributed by atoms with E-state index < -0.39 is 35.9 Å². The van der Waals surface area contributed by atoms with E-state index in [4.69, 9.17) is 21.1 Å². The minimum Gasteiger partial charge on any atom is -0.444 e. The number of nitrogens with zero attached hydrogens (tertiary/aromatic N) is 2. The normalized spacial score (nSPS) is 23.2. The number of rotatable bonds is 5. The lowest BCUT2D eigenvalue weighted by Gasteiger charge is -2.36. The Bertz CT molecular complexity index is 1170. The zero-order valence-electron chi connectivity index (χ0n) is 21.5. The maximum absolute atomic E-state index is 14.2. The Morgan fingerprint density at radius 2 is 1.76 bits per heavy atom. The van der Waals surface area contributed by atoms with Crippen LogP contribution in [0.4, 0.5) is 9.59 Å². The standard InChI is InChI=1S/C29H33ClN2O5/c1-28(2,3)37-27(35)31-16-15-29(13-14-29)24(31)23(20-9-11-21(30)12-10-20)25(33)32-18-22(36-26(32)34)17-19-7-5-4-6-8-19/h4-12,22-24H,13-18H2,1-3H3/t22-,23?,24+/m0/s1. The van der Waals surface area contributed by atoms with Gasteiger partial charge < -0.3 is 14.4 Å². The van der Waals surface area contributed by atoms with Gasteiger partial charge in [0, 0.05) is 18.0 Å². The number of ether oxygens (including phenoxy) is 2. The third kappa shape index (κ3) is 5.33. The molecular formula is C29H33ClN2O5. The molecule has 5 rings (SSSR count). The first kappa shape index (κ1) is 25.6. The zero-order chi connectivity index (χ0) is 26.4. The van der Waals surface area contributed by atoms with Crippen molar-refractivity contribution in [3.05, 3.63) is 70.7 Å². The first-order valence-corrected chi connectivity index (χ1v) is 13.3. The van der Waals surface area contributed by atoms with E-state index in [1.165, 1.54) is 4.90 Å². The summed E-state index contributed by atoms with van der Waals surface area (Å²) in [5.74, 6) is -1.09. The summed E-state index contributed by atoms with van der Waals surface area (Å²) < 4.78 is 11.4. The van der Waals surface area contributed by atoms with Gasteiger partial charge in [-0.1, -0.05) is 54.1 Å². The Labute approximate surface area is 222 Å². The highest BCUT2D eigenvalue weighted by molar-refractivity contribution is 6.30. The Morgan fingerprint density at radius 3 is 2.38 bits per heavy atom. The number of hydrogen-bond acceptors (Lipinski definition) is 5. The van der Waals surface area contributed by atoms with Crippen molar-refractivity contribution in [2.75, 3.05) is 13.1 Å². The van der Waals surface area contributed by atoms with Gasteiger partial charge in [-0.3, -0.25) is 4.79 Å². The highest BCUT2D eigenvalue weighted by Gasteiger charge is 2.62. The molecule has 2 heterocycles.